The molecule has 3 aliphatic heterocycles. The molecule has 108 valence electrons. The van der Waals surface area contributed by atoms with Crippen LogP contribution in [-0.4, -0.2) is 37.1 Å². The van der Waals surface area contributed by atoms with Gasteiger partial charge in [-0.1, -0.05) is 20.8 Å². The Morgan fingerprint density at radius 3 is 2.79 bits per heavy atom. The highest BCUT2D eigenvalue weighted by molar-refractivity contribution is 5.84. The monoisotopic (exact) mass is 265 g/mol. The number of nitrogens with one attached hydrogen (secondary N) is 3. The van der Waals surface area contributed by atoms with E-state index in [4.69, 9.17) is 0 Å². The van der Waals surface area contributed by atoms with Crippen LogP contribution in [0.1, 0.15) is 33.6 Å². The molecule has 0 spiro atoms. The maximum atomic E-state index is 12.2. The summed E-state index contributed by atoms with van der Waals surface area (Å²) in [4.78, 5) is 12.2. The maximum Gasteiger partial charge on any atom is 0.149 e. The van der Waals surface area contributed by atoms with Crippen molar-refractivity contribution < 1.29 is 4.79 Å². The first-order valence-electron chi connectivity index (χ1n) is 7.89. The number of rotatable bonds is 3. The molecule has 0 saturated carbocycles. The number of piperidine rings is 1. The third-order valence-corrected chi connectivity index (χ3v) is 5.46. The Kier molecular flexibility index (Phi) is 3.67. The summed E-state index contributed by atoms with van der Waals surface area (Å²) in [6.07, 6.45) is 2.21. The summed E-state index contributed by atoms with van der Waals surface area (Å²) >= 11 is 0. The van der Waals surface area contributed by atoms with Gasteiger partial charge >= 0.3 is 0 Å². The second kappa shape index (κ2) is 5.15. The molecule has 0 aromatic heterocycles. The van der Waals surface area contributed by atoms with Crippen LogP contribution in [0.15, 0.2) is 0 Å². The van der Waals surface area contributed by atoms with E-state index in [0.717, 1.165) is 13.1 Å². The fourth-order valence-electron chi connectivity index (χ4n) is 4.63. The Morgan fingerprint density at radius 2 is 2.11 bits per heavy atom. The van der Waals surface area contributed by atoms with Gasteiger partial charge in [0.15, 0.2) is 0 Å². The molecule has 4 nitrogen and oxygen atoms in total. The van der Waals surface area contributed by atoms with Gasteiger partial charge in [0.25, 0.3) is 0 Å². The van der Waals surface area contributed by atoms with Crippen LogP contribution in [0.25, 0.3) is 0 Å². The quantitative estimate of drug-likeness (QED) is 0.704. The van der Waals surface area contributed by atoms with Crippen molar-refractivity contribution in [3.63, 3.8) is 0 Å². The van der Waals surface area contributed by atoms with Gasteiger partial charge in [0.05, 0.1) is 12.2 Å². The molecule has 0 aromatic carbocycles. The number of hydrogen-bond acceptors (Lipinski definition) is 4. The number of carbonyl (C=O) groups is 1. The lowest BCUT2D eigenvalue weighted by Crippen LogP contribution is -2.49. The van der Waals surface area contributed by atoms with Crippen LogP contribution in [0.2, 0.25) is 0 Å². The summed E-state index contributed by atoms with van der Waals surface area (Å²) in [5.41, 5.74) is 0. The maximum absolute atomic E-state index is 12.2. The summed E-state index contributed by atoms with van der Waals surface area (Å²) in [6, 6.07) is 0.707. The van der Waals surface area contributed by atoms with Gasteiger partial charge in [0.2, 0.25) is 0 Å². The molecule has 0 bridgehead atoms. The zero-order chi connectivity index (χ0) is 13.6. The highest BCUT2D eigenvalue weighted by Gasteiger charge is 2.55. The molecule has 0 aromatic rings. The SMILES string of the molecule is CCC(=O)C1NC2NC3CCNCC3C2C1C(C)C. The fraction of sp³-hybridized carbons (Fsp3) is 0.933. The van der Waals surface area contributed by atoms with E-state index < -0.39 is 0 Å². The van der Waals surface area contributed by atoms with E-state index in [1.807, 2.05) is 6.92 Å². The van der Waals surface area contributed by atoms with Crippen molar-refractivity contribution in [1.82, 2.24) is 16.0 Å². The van der Waals surface area contributed by atoms with Gasteiger partial charge in [-0.25, -0.2) is 0 Å². The third kappa shape index (κ3) is 2.14. The van der Waals surface area contributed by atoms with Crippen LogP contribution in [-0.2, 0) is 4.79 Å². The first-order chi connectivity index (χ1) is 9.13. The van der Waals surface area contributed by atoms with E-state index >= 15 is 0 Å². The van der Waals surface area contributed by atoms with Crippen molar-refractivity contribution in [3.05, 3.63) is 0 Å². The first kappa shape index (κ1) is 13.5. The Morgan fingerprint density at radius 1 is 1.32 bits per heavy atom. The molecule has 0 radical (unpaired) electrons. The number of ketones is 1. The highest BCUT2D eigenvalue weighted by Crippen LogP contribution is 2.44. The predicted octanol–water partition coefficient (Wildman–Crippen LogP) is 0.733. The summed E-state index contributed by atoms with van der Waals surface area (Å²) in [5, 5.41) is 10.9. The summed E-state index contributed by atoms with van der Waals surface area (Å²) < 4.78 is 0. The van der Waals surface area contributed by atoms with Gasteiger partial charge in [-0.3, -0.25) is 15.4 Å². The molecule has 3 aliphatic rings. The second-order valence-corrected chi connectivity index (χ2v) is 6.77. The Labute approximate surface area is 116 Å². The van der Waals surface area contributed by atoms with Crippen LogP contribution < -0.4 is 16.0 Å². The molecule has 0 aliphatic carbocycles. The van der Waals surface area contributed by atoms with Crippen LogP contribution in [0.3, 0.4) is 0 Å². The molecule has 19 heavy (non-hydrogen) atoms. The Hall–Kier alpha value is -0.450. The number of fused-ring (bicyclic) bond motifs is 3. The number of carbonyl (C=O) groups excluding carboxylic acids is 1. The van der Waals surface area contributed by atoms with E-state index in [9.17, 15) is 4.79 Å². The Bertz CT molecular complexity index is 357. The zero-order valence-corrected chi connectivity index (χ0v) is 12.3. The van der Waals surface area contributed by atoms with Gasteiger partial charge in [0, 0.05) is 12.5 Å². The van der Waals surface area contributed by atoms with Crippen molar-refractivity contribution in [2.45, 2.75) is 51.9 Å². The smallest absolute Gasteiger partial charge is 0.149 e. The van der Waals surface area contributed by atoms with Gasteiger partial charge < -0.3 is 5.32 Å². The van der Waals surface area contributed by atoms with Crippen molar-refractivity contribution in [2.75, 3.05) is 13.1 Å². The number of hydrogen-bond donors (Lipinski definition) is 3. The summed E-state index contributed by atoms with van der Waals surface area (Å²) in [5.74, 6) is 2.73. The van der Waals surface area contributed by atoms with Crippen LogP contribution in [0.4, 0.5) is 0 Å². The van der Waals surface area contributed by atoms with Crippen molar-refractivity contribution in [1.29, 1.82) is 0 Å². The van der Waals surface area contributed by atoms with Crippen LogP contribution >= 0.6 is 0 Å². The molecule has 3 heterocycles. The lowest BCUT2D eigenvalue weighted by atomic mass is 9.72. The minimum absolute atomic E-state index is 0.0652. The van der Waals surface area contributed by atoms with Crippen LogP contribution in [0.5, 0.6) is 0 Å². The molecule has 3 saturated heterocycles. The fourth-order valence-corrected chi connectivity index (χ4v) is 4.63. The second-order valence-electron chi connectivity index (χ2n) is 6.77. The largest absolute Gasteiger partial charge is 0.316 e. The molecule has 0 amide bonds. The van der Waals surface area contributed by atoms with Crippen molar-refractivity contribution >= 4 is 5.78 Å². The molecule has 6 atom stereocenters. The lowest BCUT2D eigenvalue weighted by molar-refractivity contribution is -0.122. The molecule has 3 N–H and O–H groups in total. The van der Waals surface area contributed by atoms with E-state index in [-0.39, 0.29) is 6.04 Å². The van der Waals surface area contributed by atoms with E-state index in [1.54, 1.807) is 0 Å². The van der Waals surface area contributed by atoms with Gasteiger partial charge in [-0.05, 0) is 43.2 Å². The first-order valence-corrected chi connectivity index (χ1v) is 7.89. The van der Waals surface area contributed by atoms with Gasteiger partial charge in [0.1, 0.15) is 5.78 Å². The lowest BCUT2D eigenvalue weighted by Gasteiger charge is -2.34. The van der Waals surface area contributed by atoms with Crippen molar-refractivity contribution in [2.24, 2.45) is 23.7 Å². The molecular weight excluding hydrogens is 238 g/mol. The average molecular weight is 265 g/mol. The molecule has 3 rings (SSSR count). The third-order valence-electron chi connectivity index (χ3n) is 5.46. The van der Waals surface area contributed by atoms with E-state index in [0.29, 0.717) is 48.1 Å². The standard InChI is InChI=1S/C15H27N3O/c1-4-11(19)14-12(8(2)3)13-9-7-16-6-5-10(9)17-15(13)18-14/h8-10,12-18H,4-7H2,1-3H3. The molecule has 4 heteroatoms. The van der Waals surface area contributed by atoms with Crippen LogP contribution in [0, 0.1) is 23.7 Å². The molecule has 6 unspecified atom stereocenters. The normalized spacial score (nSPS) is 45.3. The Balaban J connectivity index is 1.84. The minimum atomic E-state index is 0.0652. The zero-order valence-electron chi connectivity index (χ0n) is 12.3. The van der Waals surface area contributed by atoms with E-state index in [1.165, 1.54) is 6.42 Å². The van der Waals surface area contributed by atoms with E-state index in [2.05, 4.69) is 29.8 Å². The average Bonchev–Trinajstić information content (AvgIpc) is 2.92. The highest BCUT2D eigenvalue weighted by atomic mass is 16.1. The number of Topliss-reactive ketones (excluding diaryl/α,β-unsaturated/α-hetero) is 1. The predicted molar refractivity (Wildman–Crippen MR) is 75.7 cm³/mol. The van der Waals surface area contributed by atoms with Crippen molar-refractivity contribution in [3.8, 4) is 0 Å². The minimum Gasteiger partial charge on any atom is -0.316 e. The van der Waals surface area contributed by atoms with Gasteiger partial charge in [-0.15, -0.1) is 0 Å². The summed E-state index contributed by atoms with van der Waals surface area (Å²) in [7, 11) is 0. The topological polar surface area (TPSA) is 53.2 Å². The molecule has 3 fully saturated rings. The summed E-state index contributed by atoms with van der Waals surface area (Å²) in [6.45, 7) is 8.75. The van der Waals surface area contributed by atoms with Gasteiger partial charge in [-0.2, -0.15) is 0 Å². The molecular formula is C15H27N3O.